The van der Waals surface area contributed by atoms with Crippen LogP contribution in [0.2, 0.25) is 5.02 Å². The van der Waals surface area contributed by atoms with Gasteiger partial charge in [-0.3, -0.25) is 4.79 Å². The quantitative estimate of drug-likeness (QED) is 0.796. The van der Waals surface area contributed by atoms with Crippen LogP contribution in [-0.4, -0.2) is 26.1 Å². The fourth-order valence-corrected chi connectivity index (χ4v) is 3.65. The van der Waals surface area contributed by atoms with Gasteiger partial charge in [-0.2, -0.15) is 8.42 Å². The number of rotatable bonds is 4. The van der Waals surface area contributed by atoms with Crippen LogP contribution in [0.25, 0.3) is 0 Å². The third kappa shape index (κ3) is 3.06. The zero-order valence-electron chi connectivity index (χ0n) is 11.9. The molecule has 1 aromatic rings. The van der Waals surface area contributed by atoms with Gasteiger partial charge in [-0.15, -0.1) is 3.89 Å². The highest BCUT2D eigenvalue weighted by Gasteiger charge is 2.40. The van der Waals surface area contributed by atoms with Crippen molar-refractivity contribution in [3.05, 3.63) is 28.3 Å². The van der Waals surface area contributed by atoms with Gasteiger partial charge < -0.3 is 4.90 Å². The molecule has 0 aliphatic carbocycles. The third-order valence-corrected chi connectivity index (χ3v) is 5.27. The van der Waals surface area contributed by atoms with Crippen molar-refractivity contribution < 1.29 is 17.1 Å². The fourth-order valence-electron chi connectivity index (χ4n) is 2.70. The minimum Gasteiger partial charge on any atom is -0.310 e. The molecule has 7 heteroatoms. The summed E-state index contributed by atoms with van der Waals surface area (Å²) >= 11 is 6.18. The zero-order chi connectivity index (χ0) is 15.8. The molecule has 0 saturated carbocycles. The topological polar surface area (TPSA) is 54.5 Å². The minimum absolute atomic E-state index is 0.155. The highest BCUT2D eigenvalue weighted by Crippen LogP contribution is 2.36. The van der Waals surface area contributed by atoms with E-state index in [1.165, 1.54) is 4.90 Å². The number of nitrogens with zero attached hydrogens (tertiary/aromatic N) is 1. The highest BCUT2D eigenvalue weighted by atomic mass is 35.5. The van der Waals surface area contributed by atoms with Crippen molar-refractivity contribution in [3.63, 3.8) is 0 Å². The number of amides is 1. The van der Waals surface area contributed by atoms with E-state index >= 15 is 0 Å². The Morgan fingerprint density at radius 3 is 2.48 bits per heavy atom. The van der Waals surface area contributed by atoms with Gasteiger partial charge >= 0.3 is 10.2 Å². The Hall–Kier alpha value is -1.14. The van der Waals surface area contributed by atoms with E-state index in [1.54, 1.807) is 6.07 Å². The summed E-state index contributed by atoms with van der Waals surface area (Å²) in [6, 6.07) is 3.59. The van der Waals surface area contributed by atoms with Crippen molar-refractivity contribution >= 4 is 33.4 Å². The molecule has 1 heterocycles. The molecule has 1 unspecified atom stereocenters. The van der Waals surface area contributed by atoms with Crippen LogP contribution in [0.1, 0.15) is 31.4 Å². The predicted molar refractivity (Wildman–Crippen MR) is 81.0 cm³/mol. The van der Waals surface area contributed by atoms with E-state index in [-0.39, 0.29) is 18.9 Å². The van der Waals surface area contributed by atoms with E-state index < -0.39 is 15.5 Å². The van der Waals surface area contributed by atoms with E-state index in [1.807, 2.05) is 19.9 Å². The van der Waals surface area contributed by atoms with Gasteiger partial charge in [0.25, 0.3) is 0 Å². The maximum absolute atomic E-state index is 13.2. The van der Waals surface area contributed by atoms with Gasteiger partial charge in [0.05, 0.1) is 5.69 Å². The lowest BCUT2D eigenvalue weighted by atomic mass is 10.0. The van der Waals surface area contributed by atoms with Gasteiger partial charge in [-0.25, -0.2) is 0 Å². The first-order valence-corrected chi connectivity index (χ1v) is 8.66. The van der Waals surface area contributed by atoms with E-state index in [0.29, 0.717) is 23.6 Å². The molecular weight excluding hydrogens is 317 g/mol. The summed E-state index contributed by atoms with van der Waals surface area (Å²) in [5.74, 6) is -0.382. The Kier molecular flexibility index (Phi) is 4.58. The van der Waals surface area contributed by atoms with Crippen LogP contribution in [-0.2, 0) is 27.9 Å². The molecule has 0 spiro atoms. The molecule has 1 atom stereocenters. The summed E-state index contributed by atoms with van der Waals surface area (Å²) in [5.41, 5.74) is 2.34. The van der Waals surface area contributed by atoms with E-state index in [2.05, 4.69) is 0 Å². The number of carbonyl (C=O) groups is 1. The molecule has 0 aromatic heterocycles. The maximum Gasteiger partial charge on any atom is 0.307 e. The van der Waals surface area contributed by atoms with Gasteiger partial charge in [0.1, 0.15) is 5.25 Å². The van der Waals surface area contributed by atoms with Gasteiger partial charge in [0.15, 0.2) is 0 Å². The molecule has 1 amide bonds. The lowest BCUT2D eigenvalue weighted by Crippen LogP contribution is -2.29. The summed E-state index contributed by atoms with van der Waals surface area (Å²) in [6.07, 6.45) is 0.965. The lowest BCUT2D eigenvalue weighted by Gasteiger charge is -2.24. The van der Waals surface area contributed by atoms with Gasteiger partial charge in [0.2, 0.25) is 5.91 Å². The monoisotopic (exact) mass is 333 g/mol. The minimum atomic E-state index is -4.72. The standard InChI is InChI=1S/C14H17ClFNO3S/c1-3-9-5-6-12(15)11(4-2)14(9)17-8-10(7-13(17)18)21(16,19)20/h5-6,10H,3-4,7-8H2,1-2H3. The van der Waals surface area contributed by atoms with Crippen molar-refractivity contribution in [2.75, 3.05) is 11.4 Å². The van der Waals surface area contributed by atoms with Gasteiger partial charge in [-0.05, 0) is 30.0 Å². The fraction of sp³-hybridized carbons (Fsp3) is 0.500. The number of hydrogen-bond acceptors (Lipinski definition) is 3. The molecule has 21 heavy (non-hydrogen) atoms. The second-order valence-electron chi connectivity index (χ2n) is 5.05. The number of carbonyl (C=O) groups excluding carboxylic acids is 1. The van der Waals surface area contributed by atoms with Crippen molar-refractivity contribution in [3.8, 4) is 0 Å². The van der Waals surface area contributed by atoms with Crippen LogP contribution in [0.4, 0.5) is 9.57 Å². The highest BCUT2D eigenvalue weighted by molar-refractivity contribution is 7.87. The van der Waals surface area contributed by atoms with Crippen molar-refractivity contribution in [2.24, 2.45) is 0 Å². The van der Waals surface area contributed by atoms with Crippen LogP contribution < -0.4 is 4.90 Å². The zero-order valence-corrected chi connectivity index (χ0v) is 13.5. The first-order valence-electron chi connectivity index (χ1n) is 6.83. The molecule has 1 saturated heterocycles. The molecular formula is C14H17ClFNO3S. The molecule has 1 fully saturated rings. The number of hydrogen-bond donors (Lipinski definition) is 0. The molecule has 1 aromatic carbocycles. The molecule has 2 rings (SSSR count). The summed E-state index contributed by atoms with van der Waals surface area (Å²) < 4.78 is 35.3. The third-order valence-electron chi connectivity index (χ3n) is 3.80. The maximum atomic E-state index is 13.2. The molecule has 4 nitrogen and oxygen atoms in total. The van der Waals surface area contributed by atoms with Gasteiger partial charge in [0, 0.05) is 18.0 Å². The molecule has 0 radical (unpaired) electrons. The van der Waals surface area contributed by atoms with E-state index in [4.69, 9.17) is 11.6 Å². The van der Waals surface area contributed by atoms with E-state index in [9.17, 15) is 17.1 Å². The largest absolute Gasteiger partial charge is 0.310 e. The van der Waals surface area contributed by atoms with Gasteiger partial charge in [-0.1, -0.05) is 31.5 Å². The van der Waals surface area contributed by atoms with Crippen LogP contribution in [0.5, 0.6) is 0 Å². The molecule has 1 aliphatic heterocycles. The average Bonchev–Trinajstić information content (AvgIpc) is 2.80. The Bertz CT molecular complexity index is 675. The van der Waals surface area contributed by atoms with Crippen LogP contribution in [0.15, 0.2) is 12.1 Å². The Balaban J connectivity index is 2.52. The predicted octanol–water partition coefficient (Wildman–Crippen LogP) is 2.87. The molecule has 1 aliphatic rings. The smallest absolute Gasteiger partial charge is 0.307 e. The van der Waals surface area contributed by atoms with Crippen molar-refractivity contribution in [1.29, 1.82) is 0 Å². The van der Waals surface area contributed by atoms with Crippen LogP contribution >= 0.6 is 11.6 Å². The Morgan fingerprint density at radius 2 is 2.00 bits per heavy atom. The summed E-state index contributed by atoms with van der Waals surface area (Å²) in [6.45, 7) is 3.70. The van der Waals surface area contributed by atoms with Crippen LogP contribution in [0, 0.1) is 0 Å². The van der Waals surface area contributed by atoms with Crippen LogP contribution in [0.3, 0.4) is 0 Å². The lowest BCUT2D eigenvalue weighted by molar-refractivity contribution is -0.117. The Morgan fingerprint density at radius 1 is 1.33 bits per heavy atom. The number of anilines is 1. The summed E-state index contributed by atoms with van der Waals surface area (Å²) in [4.78, 5) is 13.5. The SMILES string of the molecule is CCc1ccc(Cl)c(CC)c1N1CC(S(=O)(=O)F)CC1=O. The average molecular weight is 334 g/mol. The molecule has 0 bridgehead atoms. The summed E-state index contributed by atoms with van der Waals surface area (Å²) in [7, 11) is -4.72. The normalized spacial score (nSPS) is 19.3. The first-order chi connectivity index (χ1) is 9.79. The van der Waals surface area contributed by atoms with Crippen molar-refractivity contribution in [2.45, 2.75) is 38.4 Å². The number of benzene rings is 1. The molecule has 0 N–H and O–H groups in total. The number of aryl methyl sites for hydroxylation is 1. The number of halogens is 2. The van der Waals surface area contributed by atoms with Crippen molar-refractivity contribution in [1.82, 2.24) is 0 Å². The first kappa shape index (κ1) is 16.2. The second-order valence-corrected chi connectivity index (χ2v) is 7.07. The molecule has 116 valence electrons. The Labute approximate surface area is 129 Å². The van der Waals surface area contributed by atoms with E-state index in [0.717, 1.165) is 11.1 Å². The summed E-state index contributed by atoms with van der Waals surface area (Å²) in [5, 5.41) is -0.762. The second kappa shape index (κ2) is 5.93.